The van der Waals surface area contributed by atoms with Crippen LogP contribution in [0.15, 0.2) is 4.99 Å². The SMILES string of the molecule is CC1NCNN1C1CCNCC1NC(=O)C1C2=NCC(F)CN2NC1N. The maximum atomic E-state index is 13.6. The van der Waals surface area contributed by atoms with Crippen molar-refractivity contribution in [2.75, 3.05) is 32.8 Å². The van der Waals surface area contributed by atoms with Crippen molar-refractivity contribution in [3.05, 3.63) is 0 Å². The fourth-order valence-electron chi connectivity index (χ4n) is 4.23. The van der Waals surface area contributed by atoms with Gasteiger partial charge in [0.2, 0.25) is 5.91 Å². The van der Waals surface area contributed by atoms with E-state index in [0.717, 1.165) is 19.6 Å². The van der Waals surface area contributed by atoms with E-state index >= 15 is 0 Å². The second-order valence-corrected chi connectivity index (χ2v) is 7.34. The topological polar surface area (TPSA) is 122 Å². The van der Waals surface area contributed by atoms with E-state index in [2.05, 4.69) is 43.7 Å². The smallest absolute Gasteiger partial charge is 0.234 e. The van der Waals surface area contributed by atoms with Crippen LogP contribution in [0.1, 0.15) is 13.3 Å². The van der Waals surface area contributed by atoms with Crippen LogP contribution in [0.5, 0.6) is 0 Å². The molecule has 0 spiro atoms. The molecule has 3 saturated heterocycles. The molecule has 11 heteroatoms. The number of amides is 1. The fraction of sp³-hybridized carbons (Fsp3) is 0.867. The molecule has 0 bridgehead atoms. The van der Waals surface area contributed by atoms with E-state index in [1.54, 1.807) is 5.01 Å². The van der Waals surface area contributed by atoms with E-state index in [4.69, 9.17) is 5.73 Å². The molecule has 4 aliphatic heterocycles. The van der Waals surface area contributed by atoms with Crippen LogP contribution < -0.4 is 32.5 Å². The Bertz CT molecular complexity index is 575. The first-order valence-electron chi connectivity index (χ1n) is 9.28. The number of piperidine rings is 1. The molecule has 1 amide bonds. The van der Waals surface area contributed by atoms with Crippen LogP contribution in [0.2, 0.25) is 0 Å². The first-order valence-corrected chi connectivity index (χ1v) is 9.28. The minimum absolute atomic E-state index is 0.0505. The standard InChI is InChI=1S/C15H28FN9O/c1-8-20-7-21-25(8)11-2-3-18-5-10(11)22-15(26)12-13(17)23-24-6-9(16)4-19-14(12)24/h8-13,18,20-21,23H,2-7,17H2,1H3,(H,22,26). The summed E-state index contributed by atoms with van der Waals surface area (Å²) in [5.41, 5.74) is 12.4. The number of nitrogens with two attached hydrogens (primary N) is 1. The Labute approximate surface area is 152 Å². The minimum Gasteiger partial charge on any atom is -0.350 e. The lowest BCUT2D eigenvalue weighted by Crippen LogP contribution is -2.64. The first kappa shape index (κ1) is 18.0. The fourth-order valence-corrected chi connectivity index (χ4v) is 4.23. The van der Waals surface area contributed by atoms with Gasteiger partial charge in [-0.2, -0.15) is 0 Å². The van der Waals surface area contributed by atoms with Gasteiger partial charge in [-0.15, -0.1) is 0 Å². The van der Waals surface area contributed by atoms with Crippen LogP contribution in [-0.2, 0) is 4.79 Å². The number of hydrogen-bond donors (Lipinski definition) is 6. The summed E-state index contributed by atoms with van der Waals surface area (Å²) in [7, 11) is 0. The van der Waals surface area contributed by atoms with Crippen LogP contribution in [0, 0.1) is 5.92 Å². The van der Waals surface area contributed by atoms with Crippen molar-refractivity contribution in [3.63, 3.8) is 0 Å². The van der Waals surface area contributed by atoms with Gasteiger partial charge in [-0.25, -0.2) is 20.3 Å². The largest absolute Gasteiger partial charge is 0.350 e. The lowest BCUT2D eigenvalue weighted by molar-refractivity contribution is -0.125. The number of nitrogens with zero attached hydrogens (tertiary/aromatic N) is 3. The number of alkyl halides is 1. The maximum Gasteiger partial charge on any atom is 0.234 e. The van der Waals surface area contributed by atoms with Gasteiger partial charge in [0.1, 0.15) is 17.9 Å². The lowest BCUT2D eigenvalue weighted by atomic mass is 9.97. The molecule has 0 aliphatic carbocycles. The monoisotopic (exact) mass is 369 g/mol. The maximum absolute atomic E-state index is 13.6. The van der Waals surface area contributed by atoms with Crippen molar-refractivity contribution >= 4 is 11.7 Å². The summed E-state index contributed by atoms with van der Waals surface area (Å²) in [4.78, 5) is 17.2. The van der Waals surface area contributed by atoms with Gasteiger partial charge in [0.15, 0.2) is 0 Å². The van der Waals surface area contributed by atoms with Gasteiger partial charge in [-0.05, 0) is 19.9 Å². The highest BCUT2D eigenvalue weighted by molar-refractivity contribution is 6.05. The van der Waals surface area contributed by atoms with Crippen LogP contribution in [0.4, 0.5) is 4.39 Å². The zero-order chi connectivity index (χ0) is 18.3. The Hall–Kier alpha value is -1.37. The molecule has 4 aliphatic rings. The summed E-state index contributed by atoms with van der Waals surface area (Å²) < 4.78 is 13.6. The van der Waals surface area contributed by atoms with Gasteiger partial charge < -0.3 is 16.4 Å². The van der Waals surface area contributed by atoms with Gasteiger partial charge in [0.25, 0.3) is 0 Å². The number of nitrogens with one attached hydrogen (secondary N) is 5. The summed E-state index contributed by atoms with van der Waals surface area (Å²) in [6.45, 7) is 4.67. The molecular formula is C15H28FN9O. The van der Waals surface area contributed by atoms with Gasteiger partial charge in [-0.3, -0.25) is 20.1 Å². The number of aliphatic imine (C=N–C) groups is 1. The Morgan fingerprint density at radius 1 is 1.46 bits per heavy atom. The molecule has 10 nitrogen and oxygen atoms in total. The quantitative estimate of drug-likeness (QED) is 0.312. The molecule has 3 fully saturated rings. The predicted molar refractivity (Wildman–Crippen MR) is 94.1 cm³/mol. The Kier molecular flexibility index (Phi) is 5.08. The molecular weight excluding hydrogens is 341 g/mol. The molecule has 146 valence electrons. The van der Waals surface area contributed by atoms with Crippen LogP contribution >= 0.6 is 0 Å². The van der Waals surface area contributed by atoms with E-state index in [-0.39, 0.29) is 37.2 Å². The average molecular weight is 369 g/mol. The molecule has 0 aromatic carbocycles. The molecule has 4 heterocycles. The zero-order valence-corrected chi connectivity index (χ0v) is 14.9. The Morgan fingerprint density at radius 3 is 3.08 bits per heavy atom. The second kappa shape index (κ2) is 7.33. The number of carbonyl (C=O) groups is 1. The van der Waals surface area contributed by atoms with Gasteiger partial charge >= 0.3 is 0 Å². The van der Waals surface area contributed by atoms with Gasteiger partial charge in [-0.1, -0.05) is 0 Å². The zero-order valence-electron chi connectivity index (χ0n) is 14.9. The number of amidine groups is 1. The third kappa shape index (κ3) is 3.30. The number of carbonyl (C=O) groups excluding carboxylic acids is 1. The summed E-state index contributed by atoms with van der Waals surface area (Å²) >= 11 is 0. The third-order valence-electron chi connectivity index (χ3n) is 5.54. The summed E-state index contributed by atoms with van der Waals surface area (Å²) in [5.74, 6) is -0.229. The molecule has 7 N–H and O–H groups in total. The molecule has 26 heavy (non-hydrogen) atoms. The highest BCUT2D eigenvalue weighted by Crippen LogP contribution is 2.21. The normalized spacial score (nSPS) is 41.0. The van der Waals surface area contributed by atoms with E-state index in [1.165, 1.54) is 0 Å². The Balaban J connectivity index is 1.46. The number of hydrogen-bond acceptors (Lipinski definition) is 9. The van der Waals surface area contributed by atoms with E-state index in [1.807, 2.05) is 0 Å². The van der Waals surface area contributed by atoms with E-state index in [0.29, 0.717) is 12.4 Å². The van der Waals surface area contributed by atoms with Crippen LogP contribution in [0.3, 0.4) is 0 Å². The van der Waals surface area contributed by atoms with Crippen molar-refractivity contribution in [1.82, 2.24) is 36.8 Å². The first-order chi connectivity index (χ1) is 12.5. The third-order valence-corrected chi connectivity index (χ3v) is 5.54. The van der Waals surface area contributed by atoms with E-state index in [9.17, 15) is 9.18 Å². The molecule has 0 aromatic rings. The van der Waals surface area contributed by atoms with Gasteiger partial charge in [0.05, 0.1) is 38.1 Å². The summed E-state index contributed by atoms with van der Waals surface area (Å²) in [5, 5.41) is 13.6. The molecule has 6 unspecified atom stereocenters. The molecule has 0 radical (unpaired) electrons. The number of fused-ring (bicyclic) bond motifs is 1. The molecule has 4 rings (SSSR count). The highest BCUT2D eigenvalue weighted by Gasteiger charge is 2.45. The summed E-state index contributed by atoms with van der Waals surface area (Å²) in [6, 6.07) is 0.126. The molecule has 0 saturated carbocycles. The van der Waals surface area contributed by atoms with Crippen molar-refractivity contribution in [1.29, 1.82) is 0 Å². The molecule has 0 aromatic heterocycles. The number of rotatable bonds is 3. The van der Waals surface area contributed by atoms with Gasteiger partial charge in [0, 0.05) is 12.6 Å². The Morgan fingerprint density at radius 2 is 2.31 bits per heavy atom. The number of halogens is 1. The lowest BCUT2D eigenvalue weighted by Gasteiger charge is -2.40. The summed E-state index contributed by atoms with van der Waals surface area (Å²) in [6.07, 6.45) is -0.509. The van der Waals surface area contributed by atoms with Crippen molar-refractivity contribution in [2.24, 2.45) is 16.6 Å². The minimum atomic E-state index is -1.04. The molecule has 6 atom stereocenters. The second-order valence-electron chi connectivity index (χ2n) is 7.34. The van der Waals surface area contributed by atoms with Crippen molar-refractivity contribution in [2.45, 2.75) is 43.9 Å². The number of hydrazine groups is 2. The average Bonchev–Trinajstić information content (AvgIpc) is 3.17. The van der Waals surface area contributed by atoms with Crippen LogP contribution in [0.25, 0.3) is 0 Å². The highest BCUT2D eigenvalue weighted by atomic mass is 19.1. The van der Waals surface area contributed by atoms with Crippen LogP contribution in [-0.4, -0.2) is 85.2 Å². The van der Waals surface area contributed by atoms with Crippen molar-refractivity contribution in [3.8, 4) is 0 Å². The van der Waals surface area contributed by atoms with Crippen molar-refractivity contribution < 1.29 is 9.18 Å². The predicted octanol–water partition coefficient (Wildman–Crippen LogP) is -2.98. The van der Waals surface area contributed by atoms with E-state index < -0.39 is 18.3 Å².